The van der Waals surface area contributed by atoms with Crippen molar-refractivity contribution in [1.82, 2.24) is 4.90 Å². The predicted octanol–water partition coefficient (Wildman–Crippen LogP) is 4.42. The third-order valence-electron chi connectivity index (χ3n) is 5.68. The number of rotatable bonds is 8. The van der Waals surface area contributed by atoms with Crippen molar-refractivity contribution in [3.05, 3.63) is 12.7 Å². The molecule has 132 valence electrons. The van der Waals surface area contributed by atoms with Gasteiger partial charge in [-0.1, -0.05) is 32.3 Å². The van der Waals surface area contributed by atoms with Crippen LogP contribution in [0.5, 0.6) is 0 Å². The number of likely N-dealkylation sites (tertiary alicyclic amines) is 1. The van der Waals surface area contributed by atoms with Gasteiger partial charge in [-0.3, -0.25) is 4.79 Å². The molecule has 0 bridgehead atoms. The molecule has 0 radical (unpaired) electrons. The van der Waals surface area contributed by atoms with Gasteiger partial charge in [-0.2, -0.15) is 0 Å². The lowest BCUT2D eigenvalue weighted by Crippen LogP contribution is -2.43. The third-order valence-corrected chi connectivity index (χ3v) is 5.68. The Bertz CT molecular complexity index is 353. The number of hydrogen-bond acceptors (Lipinski definition) is 2. The molecule has 1 saturated heterocycles. The van der Waals surface area contributed by atoms with Crippen LogP contribution < -0.4 is 0 Å². The van der Waals surface area contributed by atoms with Crippen LogP contribution in [-0.2, 0) is 9.53 Å². The van der Waals surface area contributed by atoms with Gasteiger partial charge in [0.05, 0.1) is 6.61 Å². The van der Waals surface area contributed by atoms with E-state index in [1.54, 1.807) is 6.08 Å². The third kappa shape index (κ3) is 5.95. The zero-order valence-electron chi connectivity index (χ0n) is 15.0. The highest BCUT2D eigenvalue weighted by atomic mass is 16.5. The van der Waals surface area contributed by atoms with Crippen LogP contribution in [0.25, 0.3) is 0 Å². The van der Waals surface area contributed by atoms with Crippen molar-refractivity contribution in [2.45, 2.75) is 64.7 Å². The molecule has 23 heavy (non-hydrogen) atoms. The molecule has 0 spiro atoms. The van der Waals surface area contributed by atoms with Crippen LogP contribution >= 0.6 is 0 Å². The Kier molecular flexibility index (Phi) is 8.14. The molecular formula is C20H35NO2. The molecule has 1 heterocycles. The van der Waals surface area contributed by atoms with Crippen LogP contribution in [-0.4, -0.2) is 37.1 Å². The Hall–Kier alpha value is -0.830. The van der Waals surface area contributed by atoms with Gasteiger partial charge in [0.25, 0.3) is 0 Å². The van der Waals surface area contributed by atoms with Gasteiger partial charge in [0.1, 0.15) is 0 Å². The zero-order chi connectivity index (χ0) is 16.5. The lowest BCUT2D eigenvalue weighted by Gasteiger charge is -2.36. The van der Waals surface area contributed by atoms with E-state index in [1.807, 2.05) is 0 Å². The first-order chi connectivity index (χ1) is 11.2. The Morgan fingerprint density at radius 3 is 2.43 bits per heavy atom. The van der Waals surface area contributed by atoms with Crippen molar-refractivity contribution in [1.29, 1.82) is 0 Å². The summed E-state index contributed by atoms with van der Waals surface area (Å²) in [5, 5.41) is 0. The lowest BCUT2D eigenvalue weighted by molar-refractivity contribution is -0.138. The molecule has 2 aliphatic rings. The van der Waals surface area contributed by atoms with Crippen LogP contribution in [0.2, 0.25) is 0 Å². The van der Waals surface area contributed by atoms with Gasteiger partial charge < -0.3 is 9.64 Å². The molecule has 0 aromatic heterocycles. The first-order valence-corrected chi connectivity index (χ1v) is 9.72. The molecule has 0 N–H and O–H groups in total. The molecular weight excluding hydrogens is 286 g/mol. The fourth-order valence-corrected chi connectivity index (χ4v) is 4.09. The Balaban J connectivity index is 1.66. The van der Waals surface area contributed by atoms with E-state index in [1.165, 1.54) is 32.1 Å². The number of piperidine rings is 1. The second-order valence-electron chi connectivity index (χ2n) is 7.45. The van der Waals surface area contributed by atoms with E-state index in [-0.39, 0.29) is 0 Å². The second-order valence-corrected chi connectivity index (χ2v) is 7.45. The largest absolute Gasteiger partial charge is 0.377 e. The SMILES string of the molecule is C=CCOCC1CCN(C(=O)C2CCC(CCCC)CC2)CC1. The summed E-state index contributed by atoms with van der Waals surface area (Å²) in [5.41, 5.74) is 0. The van der Waals surface area contributed by atoms with Crippen LogP contribution in [0.3, 0.4) is 0 Å². The number of amides is 1. The maximum absolute atomic E-state index is 12.7. The summed E-state index contributed by atoms with van der Waals surface area (Å²) in [6.07, 6.45) is 12.8. The van der Waals surface area contributed by atoms with Crippen molar-refractivity contribution >= 4 is 5.91 Å². The standard InChI is InChI=1S/C20H35NO2/c1-3-5-6-17-7-9-19(10-8-17)20(22)21-13-11-18(12-14-21)16-23-15-4-2/h4,17-19H,2-3,5-16H2,1H3. The van der Waals surface area contributed by atoms with Crippen molar-refractivity contribution in [3.8, 4) is 0 Å². The number of ether oxygens (including phenoxy) is 1. The van der Waals surface area contributed by atoms with Crippen LogP contribution in [0, 0.1) is 17.8 Å². The van der Waals surface area contributed by atoms with Gasteiger partial charge in [0, 0.05) is 25.6 Å². The number of unbranched alkanes of at least 4 members (excludes halogenated alkanes) is 1. The van der Waals surface area contributed by atoms with E-state index in [9.17, 15) is 4.79 Å². The van der Waals surface area contributed by atoms with Crippen LogP contribution in [0.15, 0.2) is 12.7 Å². The first-order valence-electron chi connectivity index (χ1n) is 9.72. The maximum Gasteiger partial charge on any atom is 0.225 e. The summed E-state index contributed by atoms with van der Waals surface area (Å²) in [7, 11) is 0. The molecule has 1 amide bonds. The molecule has 1 aliphatic carbocycles. The van der Waals surface area contributed by atoms with Crippen molar-refractivity contribution in [3.63, 3.8) is 0 Å². The van der Waals surface area contributed by atoms with E-state index in [2.05, 4.69) is 18.4 Å². The number of hydrogen-bond donors (Lipinski definition) is 0. The minimum absolute atomic E-state index is 0.307. The van der Waals surface area contributed by atoms with Gasteiger partial charge in [0.2, 0.25) is 5.91 Å². The van der Waals surface area contributed by atoms with Gasteiger partial charge in [-0.25, -0.2) is 0 Å². The molecule has 2 rings (SSSR count). The van der Waals surface area contributed by atoms with Gasteiger partial charge >= 0.3 is 0 Å². The molecule has 0 aromatic carbocycles. The number of carbonyl (C=O) groups is 1. The number of carbonyl (C=O) groups excluding carboxylic acids is 1. The summed E-state index contributed by atoms with van der Waals surface area (Å²) in [4.78, 5) is 14.8. The van der Waals surface area contributed by atoms with E-state index in [0.717, 1.165) is 51.3 Å². The molecule has 1 aliphatic heterocycles. The van der Waals surface area contributed by atoms with Gasteiger partial charge in [-0.15, -0.1) is 6.58 Å². The quantitative estimate of drug-likeness (QED) is 0.489. The van der Waals surface area contributed by atoms with Crippen LogP contribution in [0.1, 0.15) is 64.7 Å². The Morgan fingerprint density at radius 1 is 1.13 bits per heavy atom. The lowest BCUT2D eigenvalue weighted by atomic mass is 9.79. The molecule has 0 unspecified atom stereocenters. The van der Waals surface area contributed by atoms with Crippen molar-refractivity contribution in [2.75, 3.05) is 26.3 Å². The fourth-order valence-electron chi connectivity index (χ4n) is 4.09. The second kappa shape index (κ2) is 10.1. The maximum atomic E-state index is 12.7. The minimum Gasteiger partial charge on any atom is -0.377 e. The Morgan fingerprint density at radius 2 is 1.83 bits per heavy atom. The zero-order valence-corrected chi connectivity index (χ0v) is 15.0. The summed E-state index contributed by atoms with van der Waals surface area (Å²) in [5.74, 6) is 2.24. The normalized spacial score (nSPS) is 26.2. The summed E-state index contributed by atoms with van der Waals surface area (Å²) in [6, 6.07) is 0. The van der Waals surface area contributed by atoms with Gasteiger partial charge in [-0.05, 0) is 50.4 Å². The van der Waals surface area contributed by atoms with E-state index < -0.39 is 0 Å². The average molecular weight is 322 g/mol. The monoisotopic (exact) mass is 321 g/mol. The average Bonchev–Trinajstić information content (AvgIpc) is 2.61. The molecule has 2 fully saturated rings. The summed E-state index contributed by atoms with van der Waals surface area (Å²) < 4.78 is 5.56. The van der Waals surface area contributed by atoms with E-state index in [4.69, 9.17) is 4.74 Å². The number of nitrogens with zero attached hydrogens (tertiary/aromatic N) is 1. The Labute approximate surface area is 142 Å². The highest BCUT2D eigenvalue weighted by Gasteiger charge is 2.31. The van der Waals surface area contributed by atoms with E-state index >= 15 is 0 Å². The highest BCUT2D eigenvalue weighted by Crippen LogP contribution is 2.33. The summed E-state index contributed by atoms with van der Waals surface area (Å²) in [6.45, 7) is 9.25. The summed E-state index contributed by atoms with van der Waals surface area (Å²) >= 11 is 0. The minimum atomic E-state index is 0.307. The highest BCUT2D eigenvalue weighted by molar-refractivity contribution is 5.79. The molecule has 0 atom stereocenters. The molecule has 3 heteroatoms. The smallest absolute Gasteiger partial charge is 0.225 e. The fraction of sp³-hybridized carbons (Fsp3) is 0.850. The van der Waals surface area contributed by atoms with E-state index in [0.29, 0.717) is 24.3 Å². The van der Waals surface area contributed by atoms with Crippen molar-refractivity contribution in [2.24, 2.45) is 17.8 Å². The topological polar surface area (TPSA) is 29.5 Å². The molecule has 0 aromatic rings. The molecule has 1 saturated carbocycles. The van der Waals surface area contributed by atoms with Crippen molar-refractivity contribution < 1.29 is 9.53 Å². The van der Waals surface area contributed by atoms with Crippen LogP contribution in [0.4, 0.5) is 0 Å². The van der Waals surface area contributed by atoms with Gasteiger partial charge in [0.15, 0.2) is 0 Å². The first kappa shape index (κ1) is 18.5. The molecule has 3 nitrogen and oxygen atoms in total. The predicted molar refractivity (Wildman–Crippen MR) is 95.3 cm³/mol.